The van der Waals surface area contributed by atoms with Gasteiger partial charge in [0.15, 0.2) is 0 Å². The number of hydrogen-bond acceptors (Lipinski definition) is 6. The Labute approximate surface area is 186 Å². The Morgan fingerprint density at radius 2 is 1.48 bits per heavy atom. The summed E-state index contributed by atoms with van der Waals surface area (Å²) < 4.78 is 73.0. The SMILES string of the molecule is CC(OS(=O)(=O)O)[C@H]1CC[C@H]2[C@@H]3CCC4C[C@H](OS(=O)(=O)O)CC[C@]4(C)[C@H]3CC[C@]12C. The molecule has 0 amide bonds. The normalized spacial score (nSPS) is 46.6. The second kappa shape index (κ2) is 7.91. The maximum Gasteiger partial charge on any atom is 0.397 e. The molecule has 0 heterocycles. The molecule has 10 heteroatoms. The Morgan fingerprint density at radius 3 is 2.13 bits per heavy atom. The van der Waals surface area contributed by atoms with Gasteiger partial charge in [0, 0.05) is 0 Å². The van der Waals surface area contributed by atoms with Gasteiger partial charge in [0.05, 0.1) is 12.2 Å². The molecule has 180 valence electrons. The first-order valence-corrected chi connectivity index (χ1v) is 14.3. The molecular weight excluding hydrogens is 444 g/mol. The zero-order valence-electron chi connectivity index (χ0n) is 18.6. The molecule has 0 aromatic rings. The van der Waals surface area contributed by atoms with Crippen molar-refractivity contribution in [1.82, 2.24) is 0 Å². The lowest BCUT2D eigenvalue weighted by Gasteiger charge is -2.61. The number of hydrogen-bond donors (Lipinski definition) is 2. The smallest absolute Gasteiger partial charge is 0.264 e. The Morgan fingerprint density at radius 1 is 0.839 bits per heavy atom. The predicted octanol–water partition coefficient (Wildman–Crippen LogP) is 4.04. The molecule has 0 aliphatic heterocycles. The molecule has 4 rings (SSSR count). The molecule has 0 spiro atoms. The van der Waals surface area contributed by atoms with E-state index in [-0.39, 0.29) is 16.7 Å². The van der Waals surface area contributed by atoms with E-state index in [1.54, 1.807) is 6.92 Å². The fourth-order valence-corrected chi connectivity index (χ4v) is 9.59. The molecule has 9 atom stereocenters. The molecule has 31 heavy (non-hydrogen) atoms. The van der Waals surface area contributed by atoms with E-state index in [1.165, 1.54) is 0 Å². The van der Waals surface area contributed by atoms with Crippen LogP contribution in [-0.4, -0.2) is 38.1 Å². The largest absolute Gasteiger partial charge is 0.397 e. The van der Waals surface area contributed by atoms with E-state index in [9.17, 15) is 16.8 Å². The Balaban J connectivity index is 1.50. The molecule has 0 aromatic carbocycles. The van der Waals surface area contributed by atoms with Gasteiger partial charge < -0.3 is 0 Å². The standard InChI is InChI=1S/C21H36O8S2/c1-13(28-30(22,23)24)17-6-7-18-16-5-4-14-12-15(29-31(25,26)27)8-10-20(14,2)19(16)9-11-21(17,18)3/h13-19H,4-12H2,1-3H3,(H,22,23,24)(H,25,26,27)/t13?,14?,15-,16+,17-,18+,19+,20+,21-/m1/s1. The summed E-state index contributed by atoms with van der Waals surface area (Å²) >= 11 is 0. The molecule has 8 nitrogen and oxygen atoms in total. The summed E-state index contributed by atoms with van der Waals surface area (Å²) in [6.45, 7) is 6.39. The second-order valence-electron chi connectivity index (χ2n) is 11.0. The summed E-state index contributed by atoms with van der Waals surface area (Å²) in [7, 11) is -8.89. The lowest BCUT2D eigenvalue weighted by molar-refractivity contribution is -0.129. The van der Waals surface area contributed by atoms with Gasteiger partial charge in [-0.1, -0.05) is 13.8 Å². The topological polar surface area (TPSA) is 127 Å². The number of rotatable bonds is 5. The van der Waals surface area contributed by atoms with E-state index in [4.69, 9.17) is 17.5 Å². The van der Waals surface area contributed by atoms with Gasteiger partial charge in [0.25, 0.3) is 0 Å². The highest BCUT2D eigenvalue weighted by molar-refractivity contribution is 7.81. The van der Waals surface area contributed by atoms with Crippen molar-refractivity contribution in [2.75, 3.05) is 0 Å². The van der Waals surface area contributed by atoms with Crippen LogP contribution in [0.2, 0.25) is 0 Å². The Kier molecular flexibility index (Phi) is 6.09. The first kappa shape index (κ1) is 23.9. The van der Waals surface area contributed by atoms with Crippen molar-refractivity contribution in [2.45, 2.75) is 90.8 Å². The third kappa shape index (κ3) is 4.45. The van der Waals surface area contributed by atoms with Gasteiger partial charge in [-0.15, -0.1) is 0 Å². The van der Waals surface area contributed by atoms with E-state index in [0.717, 1.165) is 44.9 Å². The van der Waals surface area contributed by atoms with E-state index in [1.807, 2.05) is 0 Å². The maximum absolute atomic E-state index is 11.3. The van der Waals surface area contributed by atoms with E-state index < -0.39 is 33.0 Å². The summed E-state index contributed by atoms with van der Waals surface area (Å²) in [6, 6.07) is 0. The van der Waals surface area contributed by atoms with Crippen LogP contribution < -0.4 is 0 Å². The van der Waals surface area contributed by atoms with Crippen molar-refractivity contribution in [2.24, 2.45) is 40.4 Å². The van der Waals surface area contributed by atoms with Crippen LogP contribution in [0, 0.1) is 40.4 Å². The van der Waals surface area contributed by atoms with Gasteiger partial charge in [-0.2, -0.15) is 16.8 Å². The molecule has 0 bridgehead atoms. The van der Waals surface area contributed by atoms with Crippen LogP contribution in [0.4, 0.5) is 0 Å². The van der Waals surface area contributed by atoms with Gasteiger partial charge in [0.2, 0.25) is 0 Å². The quantitative estimate of drug-likeness (QED) is 0.564. The first-order valence-electron chi connectivity index (χ1n) is 11.5. The van der Waals surface area contributed by atoms with Crippen LogP contribution in [0.1, 0.15) is 78.6 Å². The second-order valence-corrected chi connectivity index (χ2v) is 13.1. The third-order valence-electron chi connectivity index (χ3n) is 9.79. The summed E-state index contributed by atoms with van der Waals surface area (Å²) in [6.07, 6.45) is 7.38. The zero-order valence-corrected chi connectivity index (χ0v) is 20.2. The van der Waals surface area contributed by atoms with Crippen molar-refractivity contribution < 1.29 is 34.3 Å². The lowest BCUT2D eigenvalue weighted by atomic mass is 9.44. The molecule has 0 radical (unpaired) electrons. The molecule has 2 N–H and O–H groups in total. The van der Waals surface area contributed by atoms with Gasteiger partial charge in [-0.25, -0.2) is 8.37 Å². The van der Waals surface area contributed by atoms with E-state index in [2.05, 4.69) is 13.8 Å². The van der Waals surface area contributed by atoms with E-state index >= 15 is 0 Å². The molecule has 4 fully saturated rings. The first-order chi connectivity index (χ1) is 14.2. The predicted molar refractivity (Wildman–Crippen MR) is 114 cm³/mol. The molecule has 4 aliphatic carbocycles. The highest BCUT2D eigenvalue weighted by Gasteiger charge is 2.61. The summed E-state index contributed by atoms with van der Waals surface area (Å²) in [4.78, 5) is 0. The van der Waals surface area contributed by atoms with Crippen molar-refractivity contribution in [3.8, 4) is 0 Å². The molecule has 0 aromatic heterocycles. The van der Waals surface area contributed by atoms with Crippen molar-refractivity contribution in [3.05, 3.63) is 0 Å². The molecule has 2 unspecified atom stereocenters. The fourth-order valence-electron chi connectivity index (χ4n) is 8.55. The number of fused-ring (bicyclic) bond motifs is 5. The van der Waals surface area contributed by atoms with Gasteiger partial charge >= 0.3 is 20.8 Å². The third-order valence-corrected chi connectivity index (χ3v) is 10.9. The average Bonchev–Trinajstić information content (AvgIpc) is 2.97. The van der Waals surface area contributed by atoms with Crippen LogP contribution in [0.25, 0.3) is 0 Å². The molecule has 0 saturated heterocycles. The fraction of sp³-hybridized carbons (Fsp3) is 1.00. The van der Waals surface area contributed by atoms with Crippen LogP contribution in [-0.2, 0) is 29.2 Å². The van der Waals surface area contributed by atoms with Crippen LogP contribution in [0.3, 0.4) is 0 Å². The maximum atomic E-state index is 11.3. The molecule has 4 aliphatic rings. The minimum absolute atomic E-state index is 0.000248. The summed E-state index contributed by atoms with van der Waals surface area (Å²) in [5.41, 5.74) is 0.137. The van der Waals surface area contributed by atoms with Crippen LogP contribution in [0.5, 0.6) is 0 Å². The molecular formula is C21H36O8S2. The highest BCUT2D eigenvalue weighted by atomic mass is 32.3. The Hall–Kier alpha value is -0.260. The van der Waals surface area contributed by atoms with Crippen molar-refractivity contribution in [3.63, 3.8) is 0 Å². The average molecular weight is 481 g/mol. The minimum atomic E-state index is -4.47. The Bertz CT molecular complexity index is 902. The summed E-state index contributed by atoms with van der Waals surface area (Å²) in [5, 5.41) is 0. The van der Waals surface area contributed by atoms with Gasteiger partial charge in [0.1, 0.15) is 0 Å². The van der Waals surface area contributed by atoms with Gasteiger partial charge in [-0.3, -0.25) is 9.11 Å². The van der Waals surface area contributed by atoms with Crippen molar-refractivity contribution >= 4 is 20.8 Å². The highest BCUT2D eigenvalue weighted by Crippen LogP contribution is 2.68. The lowest BCUT2D eigenvalue weighted by Crippen LogP contribution is -2.54. The van der Waals surface area contributed by atoms with Gasteiger partial charge in [-0.05, 0) is 105 Å². The summed E-state index contributed by atoms with van der Waals surface area (Å²) in [5.74, 6) is 2.13. The van der Waals surface area contributed by atoms with Crippen LogP contribution >= 0.6 is 0 Å². The monoisotopic (exact) mass is 480 g/mol. The zero-order chi connectivity index (χ0) is 22.8. The van der Waals surface area contributed by atoms with Crippen LogP contribution in [0.15, 0.2) is 0 Å². The molecule has 4 saturated carbocycles. The van der Waals surface area contributed by atoms with E-state index in [0.29, 0.717) is 36.5 Å². The minimum Gasteiger partial charge on any atom is -0.264 e. The van der Waals surface area contributed by atoms with Crippen molar-refractivity contribution in [1.29, 1.82) is 0 Å².